The molecule has 0 aliphatic carbocycles. The molecule has 0 aliphatic heterocycles. The molecule has 0 radical (unpaired) electrons. The molecule has 0 amide bonds. The second-order valence-electron chi connectivity index (χ2n) is 15.4. The molecule has 3 unspecified atom stereocenters. The third-order valence-corrected chi connectivity index (χ3v) is 11.0. The Morgan fingerprint density at radius 2 is 0.648 bits per heavy atom. The lowest BCUT2D eigenvalue weighted by molar-refractivity contribution is -0.153. The molecule has 3 atom stereocenters. The van der Waals surface area contributed by atoms with Crippen molar-refractivity contribution in [2.24, 2.45) is 0 Å². The third kappa shape index (κ3) is 37.9. The lowest BCUT2D eigenvalue weighted by Gasteiger charge is -2.20. The van der Waals surface area contributed by atoms with Gasteiger partial charge in [-0.1, -0.05) is 200 Å². The summed E-state index contributed by atoms with van der Waals surface area (Å²) in [5, 5.41) is 19.1. The third-order valence-electron chi connectivity index (χ3n) is 10.1. The van der Waals surface area contributed by atoms with Crippen LogP contribution < -0.4 is 0 Å². The van der Waals surface area contributed by atoms with Crippen molar-refractivity contribution in [2.45, 2.75) is 238 Å². The van der Waals surface area contributed by atoms with Crippen molar-refractivity contribution in [3.63, 3.8) is 0 Å². The molecule has 3 N–H and O–H groups in total. The fraction of sp³-hybridized carbons (Fsp3) is 0.953. The fourth-order valence-electron chi connectivity index (χ4n) is 6.59. The number of esters is 2. The van der Waals surface area contributed by atoms with Crippen LogP contribution in [-0.4, -0.2) is 65.7 Å². The van der Waals surface area contributed by atoms with E-state index in [4.69, 9.17) is 18.5 Å². The van der Waals surface area contributed by atoms with Crippen LogP contribution in [0.2, 0.25) is 0 Å². The Hall–Kier alpha value is -1.03. The van der Waals surface area contributed by atoms with Crippen LogP contribution in [0.3, 0.4) is 0 Å². The number of hydrogen-bond donors (Lipinski definition) is 3. The molecule has 0 fully saturated rings. The van der Waals surface area contributed by atoms with Crippen molar-refractivity contribution in [3.8, 4) is 0 Å². The van der Waals surface area contributed by atoms with E-state index >= 15 is 0 Å². The van der Waals surface area contributed by atoms with E-state index in [1.54, 1.807) is 0 Å². The van der Waals surface area contributed by atoms with Gasteiger partial charge in [-0.3, -0.25) is 18.6 Å². The van der Waals surface area contributed by atoms with Crippen molar-refractivity contribution in [3.05, 3.63) is 0 Å². The highest BCUT2D eigenvalue weighted by atomic mass is 31.2. The molecule has 0 saturated heterocycles. The molecule has 0 aromatic heterocycles. The molecular weight excluding hydrogens is 707 g/mol. The van der Waals surface area contributed by atoms with E-state index in [0.29, 0.717) is 12.8 Å². The van der Waals surface area contributed by atoms with Gasteiger partial charge in [-0.05, 0) is 12.8 Å². The van der Waals surface area contributed by atoms with E-state index < -0.39 is 58.4 Å². The number of aliphatic hydroxyl groups excluding tert-OH is 2. The van der Waals surface area contributed by atoms with Crippen molar-refractivity contribution < 1.29 is 47.8 Å². The summed E-state index contributed by atoms with van der Waals surface area (Å²) in [5.41, 5.74) is 0. The monoisotopic (exact) mass is 793 g/mol. The van der Waals surface area contributed by atoms with Gasteiger partial charge >= 0.3 is 19.8 Å². The number of unbranched alkanes of at least 4 members (excludes halogenated alkanes) is 29. The highest BCUT2D eigenvalue weighted by Crippen LogP contribution is 2.43. The zero-order valence-electron chi connectivity index (χ0n) is 35.0. The molecule has 54 heavy (non-hydrogen) atoms. The minimum Gasteiger partial charge on any atom is -0.457 e. The number of phosphoric ester groups is 1. The van der Waals surface area contributed by atoms with Gasteiger partial charge in [-0.2, -0.15) is 0 Å². The fourth-order valence-corrected chi connectivity index (χ4v) is 7.37. The van der Waals surface area contributed by atoms with Crippen LogP contribution in [0.4, 0.5) is 0 Å². The maximum absolute atomic E-state index is 12.3. The van der Waals surface area contributed by atoms with Gasteiger partial charge in [0.1, 0.15) is 12.2 Å². The molecule has 0 heterocycles. The Morgan fingerprint density at radius 1 is 0.426 bits per heavy atom. The molecule has 10 nitrogen and oxygen atoms in total. The first-order chi connectivity index (χ1) is 26.3. The Morgan fingerprint density at radius 3 is 0.870 bits per heavy atom. The predicted molar refractivity (Wildman–Crippen MR) is 219 cm³/mol. The number of ether oxygens (including phenoxy) is 2. The zero-order valence-corrected chi connectivity index (χ0v) is 35.9. The summed E-state index contributed by atoms with van der Waals surface area (Å²) in [7, 11) is -4.62. The van der Waals surface area contributed by atoms with Gasteiger partial charge < -0.3 is 24.6 Å². The molecule has 322 valence electrons. The lowest BCUT2D eigenvalue weighted by atomic mass is 10.0. The molecule has 11 heteroatoms. The molecule has 0 aromatic carbocycles. The largest absolute Gasteiger partial charge is 0.472 e. The summed E-state index contributed by atoms with van der Waals surface area (Å²) in [6.07, 6.45) is 36.8. The summed E-state index contributed by atoms with van der Waals surface area (Å²) in [6.45, 7) is 2.20. The van der Waals surface area contributed by atoms with E-state index in [0.717, 1.165) is 38.5 Å². The quantitative estimate of drug-likeness (QED) is 0.0309. The van der Waals surface area contributed by atoms with Gasteiger partial charge in [0.15, 0.2) is 0 Å². The van der Waals surface area contributed by atoms with E-state index in [2.05, 4.69) is 13.8 Å². The van der Waals surface area contributed by atoms with Crippen LogP contribution in [0.15, 0.2) is 0 Å². The van der Waals surface area contributed by atoms with Gasteiger partial charge in [0.05, 0.1) is 26.4 Å². The van der Waals surface area contributed by atoms with Gasteiger partial charge in [0.25, 0.3) is 0 Å². The second-order valence-corrected chi connectivity index (χ2v) is 16.9. The standard InChI is InChI=1S/C43H85O10P/c1-3-5-7-9-11-13-14-15-16-17-18-19-20-21-22-23-24-25-26-27-29-31-33-35-43(47)53-41(37-45)39-51-54(48,49)50-38-40(36-44)52-42(46)34-32-30-28-12-10-8-6-4-2/h40-41,44-45H,3-39H2,1-2H3,(H,48,49). The lowest BCUT2D eigenvalue weighted by Crippen LogP contribution is -2.28. The molecular formula is C43H85O10P. The van der Waals surface area contributed by atoms with Crippen LogP contribution in [0.5, 0.6) is 0 Å². The molecule has 0 spiro atoms. The zero-order chi connectivity index (χ0) is 39.8. The van der Waals surface area contributed by atoms with Gasteiger partial charge in [-0.25, -0.2) is 4.57 Å². The number of hydrogen-bond acceptors (Lipinski definition) is 9. The maximum Gasteiger partial charge on any atom is 0.472 e. The first kappa shape index (κ1) is 53.0. The number of aliphatic hydroxyl groups is 2. The average Bonchev–Trinajstić information content (AvgIpc) is 3.16. The van der Waals surface area contributed by atoms with E-state index in [-0.39, 0.29) is 12.8 Å². The highest BCUT2D eigenvalue weighted by Gasteiger charge is 2.27. The summed E-state index contributed by atoms with van der Waals surface area (Å²) in [5.74, 6) is -1.01. The topological polar surface area (TPSA) is 149 Å². The summed E-state index contributed by atoms with van der Waals surface area (Å²) in [6, 6.07) is 0. The maximum atomic E-state index is 12.3. The molecule has 0 bridgehead atoms. The first-order valence-corrected chi connectivity index (χ1v) is 24.0. The minimum atomic E-state index is -4.62. The van der Waals surface area contributed by atoms with Crippen LogP contribution in [0.25, 0.3) is 0 Å². The Kier molecular flexibility index (Phi) is 39.4. The van der Waals surface area contributed by atoms with Crippen molar-refractivity contribution in [2.75, 3.05) is 26.4 Å². The van der Waals surface area contributed by atoms with Crippen molar-refractivity contribution in [1.29, 1.82) is 0 Å². The Labute approximate surface area is 331 Å². The van der Waals surface area contributed by atoms with Crippen molar-refractivity contribution >= 4 is 19.8 Å². The van der Waals surface area contributed by atoms with Gasteiger partial charge in [0.2, 0.25) is 0 Å². The number of carbonyl (C=O) groups excluding carboxylic acids is 2. The highest BCUT2D eigenvalue weighted by molar-refractivity contribution is 7.47. The molecule has 0 aromatic rings. The summed E-state index contributed by atoms with van der Waals surface area (Å²) in [4.78, 5) is 34.4. The van der Waals surface area contributed by atoms with Crippen LogP contribution in [0, 0.1) is 0 Å². The van der Waals surface area contributed by atoms with Gasteiger partial charge in [0, 0.05) is 12.8 Å². The number of phosphoric acid groups is 1. The van der Waals surface area contributed by atoms with E-state index in [1.165, 1.54) is 148 Å². The van der Waals surface area contributed by atoms with Crippen LogP contribution in [-0.2, 0) is 32.7 Å². The number of rotatable bonds is 43. The molecule has 0 aliphatic rings. The molecule has 0 rings (SSSR count). The summed E-state index contributed by atoms with van der Waals surface area (Å²) < 4.78 is 32.5. The normalized spacial score (nSPS) is 13.8. The second kappa shape index (κ2) is 40.2. The minimum absolute atomic E-state index is 0.196. The van der Waals surface area contributed by atoms with E-state index in [9.17, 15) is 29.3 Å². The van der Waals surface area contributed by atoms with E-state index in [1.807, 2.05) is 0 Å². The van der Waals surface area contributed by atoms with Crippen molar-refractivity contribution in [1.82, 2.24) is 0 Å². The number of carbonyl (C=O) groups is 2. The Bertz CT molecular complexity index is 873. The molecule has 0 saturated carbocycles. The average molecular weight is 793 g/mol. The summed E-state index contributed by atoms with van der Waals surface area (Å²) >= 11 is 0. The smallest absolute Gasteiger partial charge is 0.457 e. The van der Waals surface area contributed by atoms with Crippen LogP contribution in [0.1, 0.15) is 226 Å². The SMILES string of the molecule is CCCCCCCCCCCCCCCCCCCCCCCCCC(=O)OC(CO)COP(=O)(O)OCC(CO)OC(=O)CCCCCCCCCC. The first-order valence-electron chi connectivity index (χ1n) is 22.5. The van der Waals surface area contributed by atoms with Crippen LogP contribution >= 0.6 is 7.82 Å². The van der Waals surface area contributed by atoms with Gasteiger partial charge in [-0.15, -0.1) is 0 Å². The predicted octanol–water partition coefficient (Wildman–Crippen LogP) is 11.8. The Balaban J connectivity index is 3.76.